The second-order valence-electron chi connectivity index (χ2n) is 4.53. The number of piperazine rings is 1. The molecule has 1 saturated heterocycles. The number of rotatable bonds is 3. The molecule has 19 heavy (non-hydrogen) atoms. The van der Waals surface area contributed by atoms with Gasteiger partial charge in [-0.1, -0.05) is 0 Å². The SMILES string of the molecule is CN(C)c1ccc(NC(=O)C2CNC(=O)CN2)cn1. The number of aromatic nitrogens is 1. The van der Waals surface area contributed by atoms with E-state index in [2.05, 4.69) is 20.9 Å². The maximum atomic E-state index is 11.9. The predicted octanol–water partition coefficient (Wildman–Crippen LogP) is -0.826. The molecule has 2 amide bonds. The van der Waals surface area contributed by atoms with Gasteiger partial charge >= 0.3 is 0 Å². The summed E-state index contributed by atoms with van der Waals surface area (Å²) in [7, 11) is 3.80. The molecule has 1 aromatic heterocycles. The number of carbonyl (C=O) groups is 2. The molecule has 3 N–H and O–H groups in total. The standard InChI is InChI=1S/C12H17N5O2/c1-17(2)10-4-3-8(5-14-10)16-12(19)9-6-15-11(18)7-13-9/h3-5,9,13H,6-7H2,1-2H3,(H,15,18)(H,16,19). The molecule has 7 nitrogen and oxygen atoms in total. The zero-order valence-electron chi connectivity index (χ0n) is 10.9. The zero-order chi connectivity index (χ0) is 13.8. The first kappa shape index (κ1) is 13.3. The van der Waals surface area contributed by atoms with E-state index in [0.29, 0.717) is 12.2 Å². The molecule has 1 fully saturated rings. The Morgan fingerprint density at radius 3 is 2.79 bits per heavy atom. The van der Waals surface area contributed by atoms with E-state index in [0.717, 1.165) is 5.82 Å². The molecule has 1 aliphatic heterocycles. The Hall–Kier alpha value is -2.15. The minimum atomic E-state index is -0.411. The van der Waals surface area contributed by atoms with Crippen LogP contribution in [0.4, 0.5) is 11.5 Å². The van der Waals surface area contributed by atoms with Crippen LogP contribution in [0.1, 0.15) is 0 Å². The summed E-state index contributed by atoms with van der Waals surface area (Å²) >= 11 is 0. The molecule has 2 heterocycles. The topological polar surface area (TPSA) is 86.4 Å². The summed E-state index contributed by atoms with van der Waals surface area (Å²) < 4.78 is 0. The third kappa shape index (κ3) is 3.41. The van der Waals surface area contributed by atoms with Crippen molar-refractivity contribution in [2.45, 2.75) is 6.04 Å². The molecule has 1 aromatic rings. The van der Waals surface area contributed by atoms with Gasteiger partial charge in [0.1, 0.15) is 11.9 Å². The lowest BCUT2D eigenvalue weighted by Crippen LogP contribution is -2.56. The van der Waals surface area contributed by atoms with Gasteiger partial charge in [-0.2, -0.15) is 0 Å². The molecule has 2 rings (SSSR count). The van der Waals surface area contributed by atoms with Crippen LogP contribution in [0, 0.1) is 0 Å². The van der Waals surface area contributed by atoms with E-state index in [1.807, 2.05) is 25.1 Å². The van der Waals surface area contributed by atoms with Crippen molar-refractivity contribution in [1.82, 2.24) is 15.6 Å². The van der Waals surface area contributed by atoms with Gasteiger partial charge in [-0.3, -0.25) is 14.9 Å². The molecule has 102 valence electrons. The van der Waals surface area contributed by atoms with E-state index in [-0.39, 0.29) is 18.4 Å². The molecule has 0 aliphatic carbocycles. The Morgan fingerprint density at radius 2 is 2.26 bits per heavy atom. The van der Waals surface area contributed by atoms with Gasteiger partial charge < -0.3 is 15.5 Å². The van der Waals surface area contributed by atoms with E-state index in [9.17, 15) is 9.59 Å². The zero-order valence-corrected chi connectivity index (χ0v) is 10.9. The van der Waals surface area contributed by atoms with Gasteiger partial charge in [-0.15, -0.1) is 0 Å². The monoisotopic (exact) mass is 263 g/mol. The third-order valence-corrected chi connectivity index (χ3v) is 2.80. The van der Waals surface area contributed by atoms with Crippen LogP contribution in [0.25, 0.3) is 0 Å². The van der Waals surface area contributed by atoms with Crippen LogP contribution in [0.3, 0.4) is 0 Å². The van der Waals surface area contributed by atoms with Crippen molar-refractivity contribution < 1.29 is 9.59 Å². The lowest BCUT2D eigenvalue weighted by molar-refractivity contribution is -0.124. The fraction of sp³-hybridized carbons (Fsp3) is 0.417. The lowest BCUT2D eigenvalue weighted by atomic mass is 10.2. The van der Waals surface area contributed by atoms with Crippen LogP contribution in [0.5, 0.6) is 0 Å². The highest BCUT2D eigenvalue weighted by Gasteiger charge is 2.23. The molecule has 1 aliphatic rings. The number of pyridine rings is 1. The Morgan fingerprint density at radius 1 is 1.47 bits per heavy atom. The molecule has 0 spiro atoms. The number of anilines is 2. The average molecular weight is 263 g/mol. The first-order chi connectivity index (χ1) is 9.06. The Kier molecular flexibility index (Phi) is 3.96. The van der Waals surface area contributed by atoms with Crippen molar-refractivity contribution >= 4 is 23.3 Å². The van der Waals surface area contributed by atoms with Crippen LogP contribution >= 0.6 is 0 Å². The van der Waals surface area contributed by atoms with E-state index >= 15 is 0 Å². The largest absolute Gasteiger partial charge is 0.363 e. The van der Waals surface area contributed by atoms with Crippen molar-refractivity contribution in [1.29, 1.82) is 0 Å². The van der Waals surface area contributed by atoms with E-state index in [4.69, 9.17) is 0 Å². The molecular weight excluding hydrogens is 246 g/mol. The minimum absolute atomic E-state index is 0.0962. The normalized spacial score (nSPS) is 18.6. The van der Waals surface area contributed by atoms with Crippen molar-refractivity contribution in [3.63, 3.8) is 0 Å². The fourth-order valence-corrected chi connectivity index (χ4v) is 1.71. The quantitative estimate of drug-likeness (QED) is 0.663. The van der Waals surface area contributed by atoms with Gasteiger partial charge in [-0.05, 0) is 12.1 Å². The summed E-state index contributed by atoms with van der Waals surface area (Å²) in [6, 6.07) is 3.21. The Balaban J connectivity index is 1.93. The van der Waals surface area contributed by atoms with Crippen LogP contribution in [0.2, 0.25) is 0 Å². The summed E-state index contributed by atoms with van der Waals surface area (Å²) in [6.07, 6.45) is 1.61. The fourth-order valence-electron chi connectivity index (χ4n) is 1.71. The van der Waals surface area contributed by atoms with E-state index in [1.165, 1.54) is 0 Å². The van der Waals surface area contributed by atoms with Crippen molar-refractivity contribution in [3.8, 4) is 0 Å². The van der Waals surface area contributed by atoms with E-state index < -0.39 is 6.04 Å². The number of nitrogens with zero attached hydrogens (tertiary/aromatic N) is 2. The molecule has 1 atom stereocenters. The molecule has 0 aromatic carbocycles. The van der Waals surface area contributed by atoms with Gasteiger partial charge in [-0.25, -0.2) is 4.98 Å². The van der Waals surface area contributed by atoms with Gasteiger partial charge in [0.15, 0.2) is 0 Å². The molecule has 0 radical (unpaired) electrons. The summed E-state index contributed by atoms with van der Waals surface area (Å²) in [5.74, 6) is 0.543. The van der Waals surface area contributed by atoms with Crippen molar-refractivity contribution in [2.75, 3.05) is 37.4 Å². The Labute approximate surface area is 111 Å². The summed E-state index contributed by atoms with van der Waals surface area (Å²) in [5.41, 5.74) is 0.634. The first-order valence-corrected chi connectivity index (χ1v) is 6.00. The lowest BCUT2D eigenvalue weighted by Gasteiger charge is -2.23. The van der Waals surface area contributed by atoms with Gasteiger partial charge in [0.05, 0.1) is 18.4 Å². The average Bonchev–Trinajstić information content (AvgIpc) is 2.40. The van der Waals surface area contributed by atoms with Gasteiger partial charge in [0, 0.05) is 20.6 Å². The second kappa shape index (κ2) is 5.66. The van der Waals surface area contributed by atoms with Gasteiger partial charge in [0.25, 0.3) is 0 Å². The predicted molar refractivity (Wildman–Crippen MR) is 72.0 cm³/mol. The van der Waals surface area contributed by atoms with Crippen LogP contribution in [-0.2, 0) is 9.59 Å². The van der Waals surface area contributed by atoms with Crippen LogP contribution in [-0.4, -0.2) is 50.0 Å². The summed E-state index contributed by atoms with van der Waals surface area (Å²) in [6.45, 7) is 0.462. The number of amides is 2. The maximum Gasteiger partial charge on any atom is 0.243 e. The van der Waals surface area contributed by atoms with Crippen molar-refractivity contribution in [3.05, 3.63) is 18.3 Å². The number of hydrogen-bond donors (Lipinski definition) is 3. The molecule has 0 bridgehead atoms. The molecular formula is C12H17N5O2. The van der Waals surface area contributed by atoms with Crippen LogP contribution in [0.15, 0.2) is 18.3 Å². The minimum Gasteiger partial charge on any atom is -0.363 e. The Bertz CT molecular complexity index is 462. The molecule has 1 unspecified atom stereocenters. The van der Waals surface area contributed by atoms with E-state index in [1.54, 1.807) is 12.3 Å². The maximum absolute atomic E-state index is 11.9. The van der Waals surface area contributed by atoms with Crippen molar-refractivity contribution in [2.24, 2.45) is 0 Å². The highest BCUT2D eigenvalue weighted by molar-refractivity contribution is 5.96. The molecule has 0 saturated carbocycles. The van der Waals surface area contributed by atoms with Crippen LogP contribution < -0.4 is 20.9 Å². The second-order valence-corrected chi connectivity index (χ2v) is 4.53. The third-order valence-electron chi connectivity index (χ3n) is 2.80. The number of carbonyl (C=O) groups excluding carboxylic acids is 2. The first-order valence-electron chi connectivity index (χ1n) is 6.00. The molecule has 7 heteroatoms. The highest BCUT2D eigenvalue weighted by Crippen LogP contribution is 2.11. The number of nitrogens with one attached hydrogen (secondary N) is 3. The smallest absolute Gasteiger partial charge is 0.243 e. The summed E-state index contributed by atoms with van der Waals surface area (Å²) in [5, 5.41) is 8.26. The highest BCUT2D eigenvalue weighted by atomic mass is 16.2. The summed E-state index contributed by atoms with van der Waals surface area (Å²) in [4.78, 5) is 29.0. The number of hydrogen-bond acceptors (Lipinski definition) is 5. The van der Waals surface area contributed by atoms with Gasteiger partial charge in [0.2, 0.25) is 11.8 Å².